The van der Waals surface area contributed by atoms with E-state index in [1.807, 2.05) is 11.8 Å². The molecule has 1 aliphatic rings. The predicted octanol–water partition coefficient (Wildman–Crippen LogP) is 0.787. The Morgan fingerprint density at radius 2 is 2.11 bits per heavy atom. The van der Waals surface area contributed by atoms with Crippen LogP contribution in [0.2, 0.25) is 0 Å². The Hall–Kier alpha value is -1.70. The molecule has 0 unspecified atom stereocenters. The smallest absolute Gasteiger partial charge is 0.356 e. The standard InChI is InChI=1S/C11H16N4O3S/c1-14-8(10(16)18-2)7-9(13-14)12-11(17)15-3-5-19-6-4-15/h7H,3-6H2,1-2H3,(H,12,13,17). The summed E-state index contributed by atoms with van der Waals surface area (Å²) in [6, 6.07) is 1.32. The number of esters is 1. The molecule has 0 aromatic carbocycles. The summed E-state index contributed by atoms with van der Waals surface area (Å²) in [5.74, 6) is 1.77. The quantitative estimate of drug-likeness (QED) is 0.812. The second-order valence-corrected chi connectivity index (χ2v) is 5.28. The van der Waals surface area contributed by atoms with E-state index >= 15 is 0 Å². The highest BCUT2D eigenvalue weighted by molar-refractivity contribution is 7.99. The number of rotatable bonds is 2. The lowest BCUT2D eigenvalue weighted by atomic mass is 10.4. The van der Waals surface area contributed by atoms with E-state index in [0.29, 0.717) is 11.5 Å². The molecule has 7 nitrogen and oxygen atoms in total. The molecule has 0 bridgehead atoms. The van der Waals surface area contributed by atoms with Crippen molar-refractivity contribution < 1.29 is 14.3 Å². The first-order valence-electron chi connectivity index (χ1n) is 5.88. The Morgan fingerprint density at radius 3 is 2.74 bits per heavy atom. The second-order valence-electron chi connectivity index (χ2n) is 4.06. The Labute approximate surface area is 115 Å². The van der Waals surface area contributed by atoms with Gasteiger partial charge in [0.1, 0.15) is 5.69 Å². The van der Waals surface area contributed by atoms with Gasteiger partial charge in [0.15, 0.2) is 5.82 Å². The fraction of sp³-hybridized carbons (Fsp3) is 0.545. The van der Waals surface area contributed by atoms with E-state index in [1.54, 1.807) is 11.9 Å². The molecule has 19 heavy (non-hydrogen) atoms. The minimum atomic E-state index is -0.482. The number of urea groups is 1. The molecule has 1 saturated heterocycles. The van der Waals surface area contributed by atoms with Crippen LogP contribution in [-0.2, 0) is 11.8 Å². The maximum atomic E-state index is 12.0. The van der Waals surface area contributed by atoms with Gasteiger partial charge in [-0.1, -0.05) is 0 Å². The highest BCUT2D eigenvalue weighted by Crippen LogP contribution is 2.13. The molecule has 0 radical (unpaired) electrons. The first-order chi connectivity index (χ1) is 9.11. The molecule has 1 aromatic rings. The zero-order chi connectivity index (χ0) is 13.8. The second kappa shape index (κ2) is 5.96. The molecule has 1 fully saturated rings. The number of ether oxygens (including phenoxy) is 1. The number of hydrogen-bond donors (Lipinski definition) is 1. The summed E-state index contributed by atoms with van der Waals surface area (Å²) in [7, 11) is 2.93. The van der Waals surface area contributed by atoms with Crippen LogP contribution in [0.1, 0.15) is 10.5 Å². The first kappa shape index (κ1) is 13.7. The molecule has 2 heterocycles. The van der Waals surface area contributed by atoms with Crippen LogP contribution in [0.3, 0.4) is 0 Å². The maximum Gasteiger partial charge on any atom is 0.356 e. The van der Waals surface area contributed by atoms with Gasteiger partial charge in [-0.25, -0.2) is 9.59 Å². The van der Waals surface area contributed by atoms with Gasteiger partial charge in [-0.2, -0.15) is 16.9 Å². The number of thioether (sulfide) groups is 1. The number of aromatic nitrogens is 2. The van der Waals surface area contributed by atoms with Crippen LogP contribution in [0.5, 0.6) is 0 Å². The number of carbonyl (C=O) groups is 2. The molecular weight excluding hydrogens is 268 g/mol. The van der Waals surface area contributed by atoms with Crippen molar-refractivity contribution in [2.75, 3.05) is 37.0 Å². The molecular formula is C11H16N4O3S. The Morgan fingerprint density at radius 1 is 1.42 bits per heavy atom. The van der Waals surface area contributed by atoms with Gasteiger partial charge in [0.2, 0.25) is 0 Å². The van der Waals surface area contributed by atoms with E-state index in [0.717, 1.165) is 24.6 Å². The summed E-state index contributed by atoms with van der Waals surface area (Å²) in [6.45, 7) is 1.46. The van der Waals surface area contributed by atoms with Crippen LogP contribution in [0.25, 0.3) is 0 Å². The molecule has 1 aromatic heterocycles. The van der Waals surface area contributed by atoms with Crippen molar-refractivity contribution in [2.45, 2.75) is 0 Å². The van der Waals surface area contributed by atoms with Gasteiger partial charge in [-0.15, -0.1) is 0 Å². The number of nitrogens with zero attached hydrogens (tertiary/aromatic N) is 3. The Balaban J connectivity index is 2.02. The lowest BCUT2D eigenvalue weighted by Crippen LogP contribution is -2.40. The summed E-state index contributed by atoms with van der Waals surface area (Å²) in [6.07, 6.45) is 0. The van der Waals surface area contributed by atoms with Gasteiger partial charge in [-0.3, -0.25) is 10.00 Å². The normalized spacial score (nSPS) is 15.2. The zero-order valence-corrected chi connectivity index (χ0v) is 11.7. The fourth-order valence-corrected chi connectivity index (χ4v) is 2.68. The Kier molecular flexibility index (Phi) is 4.31. The van der Waals surface area contributed by atoms with Gasteiger partial charge in [-0.05, 0) is 0 Å². The minimum absolute atomic E-state index is 0.185. The molecule has 1 aliphatic heterocycles. The van der Waals surface area contributed by atoms with Crippen LogP contribution in [-0.4, -0.2) is 58.4 Å². The summed E-state index contributed by atoms with van der Waals surface area (Å²) >= 11 is 1.83. The monoisotopic (exact) mass is 284 g/mol. The van der Waals surface area contributed by atoms with Gasteiger partial charge in [0.25, 0.3) is 0 Å². The molecule has 8 heteroatoms. The van der Waals surface area contributed by atoms with Crippen molar-refractivity contribution in [3.8, 4) is 0 Å². The summed E-state index contributed by atoms with van der Waals surface area (Å²) in [5.41, 5.74) is 0.298. The highest BCUT2D eigenvalue weighted by Gasteiger charge is 2.19. The van der Waals surface area contributed by atoms with Crippen molar-refractivity contribution in [3.05, 3.63) is 11.8 Å². The molecule has 0 aliphatic carbocycles. The number of anilines is 1. The topological polar surface area (TPSA) is 76.5 Å². The lowest BCUT2D eigenvalue weighted by Gasteiger charge is -2.25. The average Bonchev–Trinajstić information content (AvgIpc) is 2.79. The number of carbonyl (C=O) groups excluding carboxylic acids is 2. The van der Waals surface area contributed by atoms with Crippen LogP contribution in [0, 0.1) is 0 Å². The number of nitrogens with one attached hydrogen (secondary N) is 1. The van der Waals surface area contributed by atoms with Gasteiger partial charge < -0.3 is 9.64 Å². The van der Waals surface area contributed by atoms with Crippen molar-refractivity contribution >= 4 is 29.6 Å². The summed E-state index contributed by atoms with van der Waals surface area (Å²) in [4.78, 5) is 25.1. The van der Waals surface area contributed by atoms with Crippen molar-refractivity contribution in [2.24, 2.45) is 7.05 Å². The van der Waals surface area contributed by atoms with Crippen LogP contribution >= 0.6 is 11.8 Å². The SMILES string of the molecule is COC(=O)c1cc(NC(=O)N2CCSCC2)nn1C. The number of hydrogen-bond acceptors (Lipinski definition) is 5. The first-order valence-corrected chi connectivity index (χ1v) is 7.03. The van der Waals surface area contributed by atoms with Crippen LogP contribution < -0.4 is 5.32 Å². The van der Waals surface area contributed by atoms with Gasteiger partial charge in [0, 0.05) is 37.7 Å². The number of methoxy groups -OCH3 is 1. The van der Waals surface area contributed by atoms with E-state index in [1.165, 1.54) is 17.9 Å². The molecule has 2 rings (SSSR count). The maximum absolute atomic E-state index is 12.0. The van der Waals surface area contributed by atoms with Crippen molar-refractivity contribution in [1.82, 2.24) is 14.7 Å². The minimum Gasteiger partial charge on any atom is -0.464 e. The number of amides is 2. The van der Waals surface area contributed by atoms with E-state index in [-0.39, 0.29) is 6.03 Å². The third kappa shape index (κ3) is 3.19. The molecule has 0 saturated carbocycles. The third-order valence-electron chi connectivity index (χ3n) is 2.81. The highest BCUT2D eigenvalue weighted by atomic mass is 32.2. The van der Waals surface area contributed by atoms with Crippen molar-refractivity contribution in [1.29, 1.82) is 0 Å². The molecule has 0 spiro atoms. The average molecular weight is 284 g/mol. The van der Waals surface area contributed by atoms with E-state index in [9.17, 15) is 9.59 Å². The largest absolute Gasteiger partial charge is 0.464 e. The van der Waals surface area contributed by atoms with Gasteiger partial charge >= 0.3 is 12.0 Å². The third-order valence-corrected chi connectivity index (χ3v) is 3.75. The fourth-order valence-electron chi connectivity index (χ4n) is 1.78. The van der Waals surface area contributed by atoms with E-state index in [2.05, 4.69) is 15.2 Å². The lowest BCUT2D eigenvalue weighted by molar-refractivity contribution is 0.0588. The van der Waals surface area contributed by atoms with Crippen LogP contribution in [0.15, 0.2) is 6.07 Å². The predicted molar refractivity (Wildman–Crippen MR) is 72.5 cm³/mol. The van der Waals surface area contributed by atoms with Crippen LogP contribution in [0.4, 0.5) is 10.6 Å². The molecule has 2 amide bonds. The molecule has 1 N–H and O–H groups in total. The van der Waals surface area contributed by atoms with Crippen molar-refractivity contribution in [3.63, 3.8) is 0 Å². The molecule has 104 valence electrons. The summed E-state index contributed by atoms with van der Waals surface area (Å²) in [5, 5.41) is 6.76. The number of aryl methyl sites for hydroxylation is 1. The van der Waals surface area contributed by atoms with E-state index < -0.39 is 5.97 Å². The van der Waals surface area contributed by atoms with E-state index in [4.69, 9.17) is 0 Å². The molecule has 0 atom stereocenters. The van der Waals surface area contributed by atoms with Gasteiger partial charge in [0.05, 0.1) is 7.11 Å². The zero-order valence-electron chi connectivity index (χ0n) is 10.9. The summed E-state index contributed by atoms with van der Waals surface area (Å²) < 4.78 is 6.01. The Bertz CT molecular complexity index is 482.